The zero-order valence-electron chi connectivity index (χ0n) is 9.23. The molecule has 0 amide bonds. The third kappa shape index (κ3) is 2.29. The SMILES string of the molecule is COc1cccnc1C(C)(O)CC1CC1. The van der Waals surface area contributed by atoms with E-state index in [-0.39, 0.29) is 0 Å². The smallest absolute Gasteiger partial charge is 0.143 e. The molecule has 0 aromatic carbocycles. The Hall–Kier alpha value is -1.09. The summed E-state index contributed by atoms with van der Waals surface area (Å²) in [5.74, 6) is 1.33. The molecular formula is C12H17NO2. The lowest BCUT2D eigenvalue weighted by atomic mass is 9.94. The molecule has 1 heterocycles. The van der Waals surface area contributed by atoms with Crippen LogP contribution >= 0.6 is 0 Å². The summed E-state index contributed by atoms with van der Waals surface area (Å²) in [4.78, 5) is 4.23. The van der Waals surface area contributed by atoms with E-state index < -0.39 is 5.60 Å². The van der Waals surface area contributed by atoms with Gasteiger partial charge in [0.1, 0.15) is 17.0 Å². The van der Waals surface area contributed by atoms with Gasteiger partial charge in [-0.05, 0) is 31.4 Å². The summed E-state index contributed by atoms with van der Waals surface area (Å²) in [6.07, 6.45) is 4.93. The third-order valence-electron chi connectivity index (χ3n) is 2.88. The van der Waals surface area contributed by atoms with Crippen molar-refractivity contribution in [3.05, 3.63) is 24.0 Å². The zero-order chi connectivity index (χ0) is 10.9. The molecule has 1 aromatic rings. The number of pyridine rings is 1. The Bertz CT molecular complexity index is 345. The topological polar surface area (TPSA) is 42.4 Å². The van der Waals surface area contributed by atoms with Crippen LogP contribution in [0.1, 0.15) is 31.9 Å². The van der Waals surface area contributed by atoms with Crippen molar-refractivity contribution in [3.63, 3.8) is 0 Å². The second-order valence-corrected chi connectivity index (χ2v) is 4.48. The zero-order valence-corrected chi connectivity index (χ0v) is 9.23. The number of aromatic nitrogens is 1. The Labute approximate surface area is 90.1 Å². The number of rotatable bonds is 4. The third-order valence-corrected chi connectivity index (χ3v) is 2.88. The van der Waals surface area contributed by atoms with Gasteiger partial charge in [-0.2, -0.15) is 0 Å². The maximum absolute atomic E-state index is 10.4. The van der Waals surface area contributed by atoms with E-state index in [0.717, 1.165) is 6.42 Å². The van der Waals surface area contributed by atoms with Crippen molar-refractivity contribution in [2.45, 2.75) is 31.8 Å². The largest absolute Gasteiger partial charge is 0.495 e. The minimum Gasteiger partial charge on any atom is -0.495 e. The number of ether oxygens (including phenoxy) is 1. The number of hydrogen-bond donors (Lipinski definition) is 1. The molecular weight excluding hydrogens is 190 g/mol. The summed E-state index contributed by atoms with van der Waals surface area (Å²) in [5, 5.41) is 10.4. The van der Waals surface area contributed by atoms with Gasteiger partial charge in [-0.1, -0.05) is 12.8 Å². The molecule has 1 fully saturated rings. The molecule has 1 aliphatic rings. The first-order chi connectivity index (χ1) is 7.13. The molecule has 3 heteroatoms. The monoisotopic (exact) mass is 207 g/mol. The molecule has 82 valence electrons. The van der Waals surface area contributed by atoms with Crippen molar-refractivity contribution >= 4 is 0 Å². The van der Waals surface area contributed by atoms with Crippen molar-refractivity contribution in [2.24, 2.45) is 5.92 Å². The van der Waals surface area contributed by atoms with Gasteiger partial charge >= 0.3 is 0 Å². The van der Waals surface area contributed by atoms with Crippen LogP contribution in [-0.2, 0) is 5.60 Å². The molecule has 3 nitrogen and oxygen atoms in total. The highest BCUT2D eigenvalue weighted by molar-refractivity contribution is 5.31. The summed E-state index contributed by atoms with van der Waals surface area (Å²) in [7, 11) is 1.60. The normalized spacial score (nSPS) is 19.7. The second-order valence-electron chi connectivity index (χ2n) is 4.48. The maximum Gasteiger partial charge on any atom is 0.143 e. The Kier molecular flexibility index (Phi) is 2.65. The Morgan fingerprint density at radius 3 is 2.93 bits per heavy atom. The standard InChI is InChI=1S/C12H17NO2/c1-12(14,8-9-5-6-9)11-10(15-2)4-3-7-13-11/h3-4,7,9,14H,5-6,8H2,1-2H3. The average molecular weight is 207 g/mol. The van der Waals surface area contributed by atoms with Crippen LogP contribution in [-0.4, -0.2) is 17.2 Å². The van der Waals surface area contributed by atoms with E-state index in [1.807, 2.05) is 19.1 Å². The van der Waals surface area contributed by atoms with Gasteiger partial charge in [-0.15, -0.1) is 0 Å². The second kappa shape index (κ2) is 3.81. The van der Waals surface area contributed by atoms with Gasteiger partial charge in [-0.25, -0.2) is 0 Å². The highest BCUT2D eigenvalue weighted by Crippen LogP contribution is 2.41. The Morgan fingerprint density at radius 1 is 1.60 bits per heavy atom. The summed E-state index contributed by atoms with van der Waals surface area (Å²) in [6.45, 7) is 1.82. The molecule has 0 bridgehead atoms. The maximum atomic E-state index is 10.4. The molecule has 1 aromatic heterocycles. The molecule has 1 atom stereocenters. The fourth-order valence-electron chi connectivity index (χ4n) is 1.94. The van der Waals surface area contributed by atoms with Crippen molar-refractivity contribution in [1.82, 2.24) is 4.98 Å². The fraction of sp³-hybridized carbons (Fsp3) is 0.583. The van der Waals surface area contributed by atoms with Crippen LogP contribution in [0.3, 0.4) is 0 Å². The fourth-order valence-corrected chi connectivity index (χ4v) is 1.94. The van der Waals surface area contributed by atoms with Crippen LogP contribution < -0.4 is 4.74 Å². The highest BCUT2D eigenvalue weighted by atomic mass is 16.5. The molecule has 1 aliphatic carbocycles. The van der Waals surface area contributed by atoms with E-state index in [1.165, 1.54) is 12.8 Å². The van der Waals surface area contributed by atoms with E-state index in [9.17, 15) is 5.11 Å². The van der Waals surface area contributed by atoms with Gasteiger partial charge in [0.05, 0.1) is 7.11 Å². The average Bonchev–Trinajstić information content (AvgIpc) is 3.01. The van der Waals surface area contributed by atoms with Crippen LogP contribution in [0.4, 0.5) is 0 Å². The predicted octanol–water partition coefficient (Wildman–Crippen LogP) is 2.10. The molecule has 15 heavy (non-hydrogen) atoms. The van der Waals surface area contributed by atoms with Gasteiger partial charge in [0.25, 0.3) is 0 Å². The molecule has 1 saturated carbocycles. The first-order valence-corrected chi connectivity index (χ1v) is 5.35. The summed E-state index contributed by atoms with van der Waals surface area (Å²) >= 11 is 0. The molecule has 1 unspecified atom stereocenters. The van der Waals surface area contributed by atoms with Gasteiger partial charge < -0.3 is 9.84 Å². The van der Waals surface area contributed by atoms with E-state index >= 15 is 0 Å². The van der Waals surface area contributed by atoms with Crippen molar-refractivity contribution in [3.8, 4) is 5.75 Å². The number of methoxy groups -OCH3 is 1. The lowest BCUT2D eigenvalue weighted by Crippen LogP contribution is -2.24. The van der Waals surface area contributed by atoms with Crippen LogP contribution in [0.25, 0.3) is 0 Å². The van der Waals surface area contributed by atoms with Gasteiger partial charge in [0.2, 0.25) is 0 Å². The lowest BCUT2D eigenvalue weighted by Gasteiger charge is -2.24. The molecule has 1 N–H and O–H groups in total. The first kappa shape index (κ1) is 10.4. The van der Waals surface area contributed by atoms with Crippen LogP contribution in [0.5, 0.6) is 5.75 Å². The summed E-state index contributed by atoms with van der Waals surface area (Å²) in [6, 6.07) is 3.65. The van der Waals surface area contributed by atoms with Crippen LogP contribution in [0.2, 0.25) is 0 Å². The number of nitrogens with zero attached hydrogens (tertiary/aromatic N) is 1. The van der Waals surface area contributed by atoms with Crippen LogP contribution in [0.15, 0.2) is 18.3 Å². The molecule has 0 aliphatic heterocycles. The Balaban J connectivity index is 2.24. The van der Waals surface area contributed by atoms with E-state index in [1.54, 1.807) is 13.3 Å². The van der Waals surface area contributed by atoms with Gasteiger partial charge in [-0.3, -0.25) is 4.98 Å². The Morgan fingerprint density at radius 2 is 2.33 bits per heavy atom. The molecule has 0 spiro atoms. The lowest BCUT2D eigenvalue weighted by molar-refractivity contribution is 0.0347. The first-order valence-electron chi connectivity index (χ1n) is 5.35. The molecule has 2 rings (SSSR count). The molecule has 0 saturated heterocycles. The van der Waals surface area contributed by atoms with Crippen molar-refractivity contribution in [1.29, 1.82) is 0 Å². The summed E-state index contributed by atoms with van der Waals surface area (Å²) in [5.41, 5.74) is -0.215. The summed E-state index contributed by atoms with van der Waals surface area (Å²) < 4.78 is 5.21. The van der Waals surface area contributed by atoms with E-state index in [0.29, 0.717) is 17.4 Å². The van der Waals surface area contributed by atoms with E-state index in [2.05, 4.69) is 4.98 Å². The quantitative estimate of drug-likeness (QED) is 0.822. The number of hydrogen-bond acceptors (Lipinski definition) is 3. The van der Waals surface area contributed by atoms with Gasteiger partial charge in [0.15, 0.2) is 0 Å². The van der Waals surface area contributed by atoms with Gasteiger partial charge in [0, 0.05) is 6.20 Å². The minimum absolute atomic E-state index is 0.652. The van der Waals surface area contributed by atoms with Crippen LogP contribution in [0, 0.1) is 5.92 Å². The number of aliphatic hydroxyl groups is 1. The van der Waals surface area contributed by atoms with Crippen molar-refractivity contribution < 1.29 is 9.84 Å². The van der Waals surface area contributed by atoms with Crippen molar-refractivity contribution in [2.75, 3.05) is 7.11 Å². The minimum atomic E-state index is -0.867. The predicted molar refractivity (Wildman–Crippen MR) is 57.7 cm³/mol. The highest BCUT2D eigenvalue weighted by Gasteiger charge is 2.35. The molecule has 0 radical (unpaired) electrons. The van der Waals surface area contributed by atoms with E-state index in [4.69, 9.17) is 4.74 Å².